The molecule has 2 amide bonds. The Morgan fingerprint density at radius 1 is 1.00 bits per heavy atom. The number of aromatic nitrogens is 4. The van der Waals surface area contributed by atoms with Gasteiger partial charge in [0.2, 0.25) is 11.8 Å². The predicted molar refractivity (Wildman–Crippen MR) is 132 cm³/mol. The lowest BCUT2D eigenvalue weighted by molar-refractivity contribution is -0.123. The van der Waals surface area contributed by atoms with Gasteiger partial charge in [-0.25, -0.2) is 9.36 Å². The molecule has 8 nitrogen and oxygen atoms in total. The van der Waals surface area contributed by atoms with E-state index in [1.165, 1.54) is 0 Å². The summed E-state index contributed by atoms with van der Waals surface area (Å²) >= 11 is 6.26. The van der Waals surface area contributed by atoms with Gasteiger partial charge in [-0.15, -0.1) is 0 Å². The number of carbonyl (C=O) groups excluding carboxylic acids is 2. The largest absolute Gasteiger partial charge is 0.347 e. The maximum Gasteiger partial charge on any atom is 0.243 e. The van der Waals surface area contributed by atoms with Gasteiger partial charge >= 0.3 is 0 Å². The third-order valence-electron chi connectivity index (χ3n) is 5.54. The van der Waals surface area contributed by atoms with Crippen molar-refractivity contribution >= 4 is 29.1 Å². The third kappa shape index (κ3) is 5.18. The fraction of sp³-hybridized carbons (Fsp3) is 0.200. The molecule has 0 radical (unpaired) electrons. The van der Waals surface area contributed by atoms with Crippen LogP contribution < -0.4 is 10.6 Å². The number of hydrogen-bond acceptors (Lipinski definition) is 4. The summed E-state index contributed by atoms with van der Waals surface area (Å²) < 4.78 is 3.51. The summed E-state index contributed by atoms with van der Waals surface area (Å²) in [6, 6.07) is 14.8. The van der Waals surface area contributed by atoms with Crippen molar-refractivity contribution in [2.75, 3.05) is 11.9 Å². The standard InChI is InChI=1S/C25H25ClN6O2/c1-16-5-8-21(13-23(16)26)32-18(3)22(17(2)30-32)14-24(33)27-15-25(34)29-19-6-9-20(10-7-19)31-12-4-11-28-31/h4-13H,14-15H2,1-3H3,(H,27,33)(H,29,34). The average Bonchev–Trinajstić information content (AvgIpc) is 3.45. The van der Waals surface area contributed by atoms with Gasteiger partial charge in [0.25, 0.3) is 0 Å². The number of rotatable bonds is 7. The molecule has 0 aliphatic carbocycles. The van der Waals surface area contributed by atoms with Gasteiger partial charge in [-0.3, -0.25) is 9.59 Å². The zero-order chi connectivity index (χ0) is 24.2. The molecule has 0 aliphatic heterocycles. The first-order chi connectivity index (χ1) is 16.3. The molecule has 0 spiro atoms. The second-order valence-corrected chi connectivity index (χ2v) is 8.40. The van der Waals surface area contributed by atoms with E-state index < -0.39 is 0 Å². The number of aryl methyl sites for hydroxylation is 2. The van der Waals surface area contributed by atoms with E-state index in [0.29, 0.717) is 10.7 Å². The molecule has 0 aliphatic rings. The monoisotopic (exact) mass is 476 g/mol. The summed E-state index contributed by atoms with van der Waals surface area (Å²) in [5.74, 6) is -0.560. The Bertz CT molecular complexity index is 1330. The molecular weight excluding hydrogens is 452 g/mol. The van der Waals surface area contributed by atoms with Crippen LogP contribution in [-0.4, -0.2) is 37.9 Å². The molecule has 174 valence electrons. The topological polar surface area (TPSA) is 93.8 Å². The van der Waals surface area contributed by atoms with Crippen LogP contribution in [-0.2, 0) is 16.0 Å². The summed E-state index contributed by atoms with van der Waals surface area (Å²) in [5, 5.41) is 14.9. The molecule has 4 aromatic rings. The second-order valence-electron chi connectivity index (χ2n) is 7.99. The van der Waals surface area contributed by atoms with Crippen molar-refractivity contribution in [1.82, 2.24) is 24.9 Å². The molecule has 0 bridgehead atoms. The Morgan fingerprint density at radius 2 is 1.74 bits per heavy atom. The smallest absolute Gasteiger partial charge is 0.243 e. The van der Waals surface area contributed by atoms with Gasteiger partial charge in [0, 0.05) is 34.4 Å². The van der Waals surface area contributed by atoms with Crippen LogP contribution in [0.1, 0.15) is 22.5 Å². The van der Waals surface area contributed by atoms with Crippen molar-refractivity contribution in [3.05, 3.63) is 88.5 Å². The SMILES string of the molecule is Cc1ccc(-n2nc(C)c(CC(=O)NCC(=O)Nc3ccc(-n4cccn4)cc3)c2C)cc1Cl. The molecule has 9 heteroatoms. The van der Waals surface area contributed by atoms with E-state index in [1.807, 2.05) is 63.4 Å². The van der Waals surface area contributed by atoms with Gasteiger partial charge < -0.3 is 10.6 Å². The maximum atomic E-state index is 12.5. The molecule has 0 saturated carbocycles. The molecule has 2 heterocycles. The van der Waals surface area contributed by atoms with Crippen molar-refractivity contribution in [2.45, 2.75) is 27.2 Å². The Labute approximate surface area is 202 Å². The van der Waals surface area contributed by atoms with Gasteiger partial charge in [-0.2, -0.15) is 10.2 Å². The van der Waals surface area contributed by atoms with Crippen molar-refractivity contribution in [2.24, 2.45) is 0 Å². The second kappa shape index (κ2) is 9.93. The molecule has 2 aromatic heterocycles. The van der Waals surface area contributed by atoms with E-state index in [1.54, 1.807) is 27.7 Å². The Kier molecular flexibility index (Phi) is 6.79. The number of anilines is 1. The first kappa shape index (κ1) is 23.3. The van der Waals surface area contributed by atoms with Crippen LogP contribution >= 0.6 is 11.6 Å². The highest BCUT2D eigenvalue weighted by Crippen LogP contribution is 2.23. The molecule has 2 N–H and O–H groups in total. The number of halogens is 1. The van der Waals surface area contributed by atoms with Gasteiger partial charge in [0.15, 0.2) is 0 Å². The maximum absolute atomic E-state index is 12.5. The number of carbonyl (C=O) groups is 2. The summed E-state index contributed by atoms with van der Waals surface area (Å²) in [5.41, 5.74) is 5.78. The third-order valence-corrected chi connectivity index (χ3v) is 5.95. The quantitative estimate of drug-likeness (QED) is 0.422. The molecule has 4 rings (SSSR count). The molecule has 0 unspecified atom stereocenters. The highest BCUT2D eigenvalue weighted by Gasteiger charge is 2.17. The summed E-state index contributed by atoms with van der Waals surface area (Å²) in [6.45, 7) is 5.59. The van der Waals surface area contributed by atoms with Crippen LogP contribution in [0.25, 0.3) is 11.4 Å². The van der Waals surface area contributed by atoms with Gasteiger partial charge in [-0.1, -0.05) is 17.7 Å². The lowest BCUT2D eigenvalue weighted by atomic mass is 10.1. The van der Waals surface area contributed by atoms with E-state index in [0.717, 1.165) is 33.9 Å². The molecular formula is C25H25ClN6O2. The van der Waals surface area contributed by atoms with Crippen LogP contribution in [0.4, 0.5) is 5.69 Å². The molecule has 34 heavy (non-hydrogen) atoms. The van der Waals surface area contributed by atoms with Crippen LogP contribution in [0.15, 0.2) is 60.9 Å². The van der Waals surface area contributed by atoms with Gasteiger partial charge in [-0.05, 0) is 68.8 Å². The number of amides is 2. The highest BCUT2D eigenvalue weighted by molar-refractivity contribution is 6.31. The van der Waals surface area contributed by atoms with Crippen LogP contribution in [0, 0.1) is 20.8 Å². The first-order valence-corrected chi connectivity index (χ1v) is 11.2. The van der Waals surface area contributed by atoms with Crippen molar-refractivity contribution in [3.8, 4) is 11.4 Å². The Hall–Kier alpha value is -3.91. The van der Waals surface area contributed by atoms with E-state index >= 15 is 0 Å². The van der Waals surface area contributed by atoms with Crippen molar-refractivity contribution < 1.29 is 9.59 Å². The molecule has 0 atom stereocenters. The first-order valence-electron chi connectivity index (χ1n) is 10.8. The summed E-state index contributed by atoms with van der Waals surface area (Å²) in [6.07, 6.45) is 3.67. The van der Waals surface area contributed by atoms with E-state index in [4.69, 9.17) is 11.6 Å². The minimum atomic E-state index is -0.307. The van der Waals surface area contributed by atoms with Crippen LogP contribution in [0.2, 0.25) is 5.02 Å². The van der Waals surface area contributed by atoms with Crippen LogP contribution in [0.3, 0.4) is 0 Å². The summed E-state index contributed by atoms with van der Waals surface area (Å²) in [7, 11) is 0. The molecule has 0 fully saturated rings. The number of hydrogen-bond donors (Lipinski definition) is 2. The predicted octanol–water partition coefficient (Wildman–Crippen LogP) is 3.93. The molecule has 2 aromatic carbocycles. The van der Waals surface area contributed by atoms with Crippen molar-refractivity contribution in [1.29, 1.82) is 0 Å². The summed E-state index contributed by atoms with van der Waals surface area (Å²) in [4.78, 5) is 24.8. The number of nitrogens with zero attached hydrogens (tertiary/aromatic N) is 4. The Balaban J connectivity index is 1.33. The fourth-order valence-electron chi connectivity index (χ4n) is 3.62. The minimum Gasteiger partial charge on any atom is -0.347 e. The Morgan fingerprint density at radius 3 is 2.41 bits per heavy atom. The zero-order valence-electron chi connectivity index (χ0n) is 19.2. The van der Waals surface area contributed by atoms with E-state index in [2.05, 4.69) is 20.8 Å². The number of nitrogens with one attached hydrogen (secondary N) is 2. The van der Waals surface area contributed by atoms with Crippen LogP contribution in [0.5, 0.6) is 0 Å². The van der Waals surface area contributed by atoms with Gasteiger partial charge in [0.05, 0.1) is 30.0 Å². The minimum absolute atomic E-state index is 0.125. The fourth-order valence-corrected chi connectivity index (χ4v) is 3.80. The lowest BCUT2D eigenvalue weighted by Gasteiger charge is -2.09. The lowest BCUT2D eigenvalue weighted by Crippen LogP contribution is -2.34. The molecule has 0 saturated heterocycles. The van der Waals surface area contributed by atoms with Crippen molar-refractivity contribution in [3.63, 3.8) is 0 Å². The zero-order valence-corrected chi connectivity index (χ0v) is 19.9. The average molecular weight is 477 g/mol. The van der Waals surface area contributed by atoms with Gasteiger partial charge in [0.1, 0.15) is 0 Å². The normalized spacial score (nSPS) is 10.8. The van der Waals surface area contributed by atoms with E-state index in [-0.39, 0.29) is 24.8 Å². The van der Waals surface area contributed by atoms with E-state index in [9.17, 15) is 9.59 Å². The number of benzene rings is 2. The highest BCUT2D eigenvalue weighted by atomic mass is 35.5.